The fourth-order valence-electron chi connectivity index (χ4n) is 1.57. The van der Waals surface area contributed by atoms with E-state index in [4.69, 9.17) is 4.74 Å². The highest BCUT2D eigenvalue weighted by molar-refractivity contribution is 5.48. The van der Waals surface area contributed by atoms with E-state index in [2.05, 4.69) is 25.3 Å². The third kappa shape index (κ3) is 2.35. The molecule has 0 aromatic carbocycles. The van der Waals surface area contributed by atoms with Gasteiger partial charge in [-0.3, -0.25) is 0 Å². The Bertz CT molecular complexity index is 483. The first-order chi connectivity index (χ1) is 8.22. The van der Waals surface area contributed by atoms with Gasteiger partial charge in [0.05, 0.1) is 18.7 Å². The molecule has 2 aromatic rings. The van der Waals surface area contributed by atoms with Gasteiger partial charge >= 0.3 is 0 Å². The molecule has 2 rings (SSSR count). The molecule has 2 heterocycles. The third-order valence-corrected chi connectivity index (χ3v) is 2.51. The molecule has 2 aromatic heterocycles. The maximum atomic E-state index is 5.14. The second-order valence-electron chi connectivity index (χ2n) is 3.70. The highest BCUT2D eigenvalue weighted by Crippen LogP contribution is 2.23. The van der Waals surface area contributed by atoms with Crippen LogP contribution < -0.4 is 10.1 Å². The summed E-state index contributed by atoms with van der Waals surface area (Å²) in [6.45, 7) is 3.92. The van der Waals surface area contributed by atoms with Crippen LogP contribution in [-0.4, -0.2) is 27.0 Å². The van der Waals surface area contributed by atoms with Crippen molar-refractivity contribution in [3.63, 3.8) is 0 Å². The molecule has 1 atom stereocenters. The van der Waals surface area contributed by atoms with Gasteiger partial charge in [-0.2, -0.15) is 0 Å². The molecule has 0 saturated carbocycles. The van der Waals surface area contributed by atoms with Crippen LogP contribution in [0.2, 0.25) is 0 Å². The quantitative estimate of drug-likeness (QED) is 0.840. The van der Waals surface area contributed by atoms with E-state index in [9.17, 15) is 0 Å². The minimum atomic E-state index is 0.0447. The molecule has 6 heteroatoms. The monoisotopic (exact) mass is 233 g/mol. The first kappa shape index (κ1) is 11.4. The van der Waals surface area contributed by atoms with Crippen LogP contribution in [0.3, 0.4) is 0 Å². The second-order valence-corrected chi connectivity index (χ2v) is 3.70. The van der Waals surface area contributed by atoms with Gasteiger partial charge in [-0.1, -0.05) is 0 Å². The van der Waals surface area contributed by atoms with E-state index in [0.717, 1.165) is 17.2 Å². The van der Waals surface area contributed by atoms with E-state index in [1.807, 2.05) is 13.8 Å². The molecule has 0 spiro atoms. The van der Waals surface area contributed by atoms with E-state index < -0.39 is 0 Å². The molecule has 0 radical (unpaired) electrons. The lowest BCUT2D eigenvalue weighted by molar-refractivity contribution is 0.393. The Morgan fingerprint density at radius 2 is 2.18 bits per heavy atom. The van der Waals surface area contributed by atoms with E-state index in [-0.39, 0.29) is 6.04 Å². The van der Waals surface area contributed by atoms with Crippen LogP contribution in [0.1, 0.15) is 24.4 Å². The molecule has 2 N–H and O–H groups in total. The summed E-state index contributed by atoms with van der Waals surface area (Å²) >= 11 is 0. The largest absolute Gasteiger partial charge is 0.481 e. The number of methoxy groups -OCH3 is 1. The van der Waals surface area contributed by atoms with Gasteiger partial charge in [0.2, 0.25) is 5.88 Å². The van der Waals surface area contributed by atoms with Crippen molar-refractivity contribution in [1.82, 2.24) is 19.9 Å². The number of hydrogen-bond donors (Lipinski definition) is 2. The molecule has 0 fully saturated rings. The smallest absolute Gasteiger partial charge is 0.221 e. The number of nitrogens with zero attached hydrogens (tertiary/aromatic N) is 3. The number of rotatable bonds is 4. The molecule has 17 heavy (non-hydrogen) atoms. The van der Waals surface area contributed by atoms with Crippen LogP contribution in [0.15, 0.2) is 18.7 Å². The summed E-state index contributed by atoms with van der Waals surface area (Å²) in [4.78, 5) is 15.5. The number of imidazole rings is 1. The van der Waals surface area contributed by atoms with Crippen LogP contribution in [0, 0.1) is 6.92 Å². The topological polar surface area (TPSA) is 75.7 Å². The summed E-state index contributed by atoms with van der Waals surface area (Å²) in [6, 6.07) is 0.0447. The molecule has 0 amide bonds. The zero-order valence-electron chi connectivity index (χ0n) is 10.1. The average molecular weight is 233 g/mol. The van der Waals surface area contributed by atoms with Crippen LogP contribution in [0.4, 0.5) is 5.82 Å². The van der Waals surface area contributed by atoms with Crippen molar-refractivity contribution >= 4 is 5.82 Å². The van der Waals surface area contributed by atoms with Crippen LogP contribution in [0.25, 0.3) is 0 Å². The Morgan fingerprint density at radius 1 is 1.35 bits per heavy atom. The van der Waals surface area contributed by atoms with Gasteiger partial charge in [-0.05, 0) is 13.8 Å². The fraction of sp³-hybridized carbons (Fsp3) is 0.364. The number of H-pyrrole nitrogens is 1. The van der Waals surface area contributed by atoms with Crippen molar-refractivity contribution in [3.05, 3.63) is 30.1 Å². The van der Waals surface area contributed by atoms with Gasteiger partial charge in [-0.15, -0.1) is 0 Å². The molecule has 0 aliphatic rings. The van der Waals surface area contributed by atoms with Gasteiger partial charge in [0.15, 0.2) is 0 Å². The van der Waals surface area contributed by atoms with Gasteiger partial charge < -0.3 is 15.0 Å². The van der Waals surface area contributed by atoms with Gasteiger partial charge in [-0.25, -0.2) is 15.0 Å². The molecule has 90 valence electrons. The maximum absolute atomic E-state index is 5.14. The van der Waals surface area contributed by atoms with Crippen molar-refractivity contribution in [2.75, 3.05) is 12.4 Å². The molecule has 0 aliphatic carbocycles. The van der Waals surface area contributed by atoms with E-state index in [0.29, 0.717) is 5.88 Å². The Morgan fingerprint density at radius 3 is 2.82 bits per heavy atom. The second kappa shape index (κ2) is 4.82. The maximum Gasteiger partial charge on any atom is 0.221 e. The standard InChI is InChI=1S/C11H15N5O/c1-7-9(14-6-15-11(7)17-3)16-8(2)10-12-4-5-13-10/h4-6,8H,1-3H3,(H,12,13)(H,14,15,16). The van der Waals surface area contributed by atoms with Crippen molar-refractivity contribution in [2.24, 2.45) is 0 Å². The average Bonchev–Trinajstić information content (AvgIpc) is 2.85. The van der Waals surface area contributed by atoms with Gasteiger partial charge in [0, 0.05) is 12.4 Å². The van der Waals surface area contributed by atoms with Crippen molar-refractivity contribution < 1.29 is 4.74 Å². The number of aromatic nitrogens is 4. The zero-order valence-corrected chi connectivity index (χ0v) is 10.1. The summed E-state index contributed by atoms with van der Waals surface area (Å²) in [5.41, 5.74) is 0.883. The first-order valence-corrected chi connectivity index (χ1v) is 5.33. The highest BCUT2D eigenvalue weighted by Gasteiger charge is 2.12. The molecule has 0 aliphatic heterocycles. The molecule has 6 nitrogen and oxygen atoms in total. The molecule has 0 bridgehead atoms. The Hall–Kier alpha value is -2.11. The lowest BCUT2D eigenvalue weighted by Gasteiger charge is -2.14. The lowest BCUT2D eigenvalue weighted by atomic mass is 10.2. The highest BCUT2D eigenvalue weighted by atomic mass is 16.5. The number of aromatic amines is 1. The molecule has 1 unspecified atom stereocenters. The predicted molar refractivity (Wildman–Crippen MR) is 63.9 cm³/mol. The Labute approximate surface area is 99.5 Å². The Kier molecular flexibility index (Phi) is 3.22. The number of hydrogen-bond acceptors (Lipinski definition) is 5. The molecular weight excluding hydrogens is 218 g/mol. The normalized spacial score (nSPS) is 12.2. The molecule has 0 saturated heterocycles. The van der Waals surface area contributed by atoms with E-state index >= 15 is 0 Å². The number of ether oxygens (including phenoxy) is 1. The van der Waals surface area contributed by atoms with Crippen LogP contribution >= 0.6 is 0 Å². The molecular formula is C11H15N5O. The van der Waals surface area contributed by atoms with Crippen molar-refractivity contribution in [1.29, 1.82) is 0 Å². The zero-order chi connectivity index (χ0) is 12.3. The summed E-state index contributed by atoms with van der Waals surface area (Å²) in [5.74, 6) is 2.19. The minimum Gasteiger partial charge on any atom is -0.481 e. The van der Waals surface area contributed by atoms with Crippen molar-refractivity contribution in [3.8, 4) is 5.88 Å². The van der Waals surface area contributed by atoms with Crippen LogP contribution in [0.5, 0.6) is 5.88 Å². The summed E-state index contributed by atoms with van der Waals surface area (Å²) in [6.07, 6.45) is 4.99. The predicted octanol–water partition coefficient (Wildman–Crippen LogP) is 1.69. The SMILES string of the molecule is COc1ncnc(NC(C)c2ncc[nH]2)c1C. The van der Waals surface area contributed by atoms with Gasteiger partial charge in [0.25, 0.3) is 0 Å². The van der Waals surface area contributed by atoms with Crippen molar-refractivity contribution in [2.45, 2.75) is 19.9 Å². The third-order valence-electron chi connectivity index (χ3n) is 2.51. The lowest BCUT2D eigenvalue weighted by Crippen LogP contribution is -2.11. The Balaban J connectivity index is 2.19. The minimum absolute atomic E-state index is 0.0447. The fourth-order valence-corrected chi connectivity index (χ4v) is 1.57. The first-order valence-electron chi connectivity index (χ1n) is 5.33. The van der Waals surface area contributed by atoms with Crippen LogP contribution in [-0.2, 0) is 0 Å². The van der Waals surface area contributed by atoms with E-state index in [1.54, 1.807) is 19.5 Å². The summed E-state index contributed by atoms with van der Waals surface area (Å²) in [7, 11) is 1.59. The number of anilines is 1. The summed E-state index contributed by atoms with van der Waals surface area (Å²) < 4.78 is 5.14. The summed E-state index contributed by atoms with van der Waals surface area (Å²) in [5, 5.41) is 3.26. The number of nitrogens with one attached hydrogen (secondary N) is 2. The van der Waals surface area contributed by atoms with E-state index in [1.165, 1.54) is 6.33 Å². The van der Waals surface area contributed by atoms with Gasteiger partial charge in [0.1, 0.15) is 18.0 Å².